The number of hydrogen-bond acceptors (Lipinski definition) is 5. The van der Waals surface area contributed by atoms with Crippen LogP contribution in [0.5, 0.6) is 0 Å². The molecule has 3 unspecified atom stereocenters. The summed E-state index contributed by atoms with van der Waals surface area (Å²) >= 11 is 0. The van der Waals surface area contributed by atoms with Gasteiger partial charge in [0.05, 0.1) is 18.4 Å². The third kappa shape index (κ3) is 4.91. The molecule has 2 aliphatic heterocycles. The Labute approximate surface area is 126 Å². The van der Waals surface area contributed by atoms with Gasteiger partial charge in [-0.3, -0.25) is 4.79 Å². The number of aliphatic hydroxyl groups excluding tert-OH is 1. The van der Waals surface area contributed by atoms with Gasteiger partial charge in [-0.1, -0.05) is 0 Å². The molecule has 21 heavy (non-hydrogen) atoms. The van der Waals surface area contributed by atoms with Gasteiger partial charge in [0.25, 0.3) is 0 Å². The topological polar surface area (TPSA) is 98.7 Å². The molecule has 8 heteroatoms. The van der Waals surface area contributed by atoms with E-state index in [4.69, 9.17) is 0 Å². The van der Waals surface area contributed by atoms with Gasteiger partial charge in [-0.25, -0.2) is 13.1 Å². The molecule has 0 aromatic rings. The fraction of sp³-hybridized carbons (Fsp3) is 0.923. The molecule has 0 spiro atoms. The van der Waals surface area contributed by atoms with E-state index in [1.54, 1.807) is 0 Å². The van der Waals surface area contributed by atoms with Crippen molar-refractivity contribution in [1.82, 2.24) is 14.9 Å². The monoisotopic (exact) mass is 319 g/mol. The van der Waals surface area contributed by atoms with E-state index in [1.807, 2.05) is 4.90 Å². The molecule has 0 bridgehead atoms. The normalized spacial score (nSPS) is 30.6. The lowest BCUT2D eigenvalue weighted by Gasteiger charge is -2.37. The number of sulfonamides is 1. The molecule has 0 aliphatic carbocycles. The fourth-order valence-corrected chi connectivity index (χ4v) is 3.60. The first kappa shape index (κ1) is 16.7. The van der Waals surface area contributed by atoms with Gasteiger partial charge < -0.3 is 15.3 Å². The lowest BCUT2D eigenvalue weighted by Crippen LogP contribution is -2.51. The predicted octanol–water partition coefficient (Wildman–Crippen LogP) is -0.970. The maximum absolute atomic E-state index is 12.5. The number of piperidine rings is 1. The van der Waals surface area contributed by atoms with Crippen LogP contribution in [-0.2, 0) is 14.8 Å². The Bertz CT molecular complexity index is 468. The van der Waals surface area contributed by atoms with Crippen LogP contribution < -0.4 is 10.0 Å². The highest BCUT2D eigenvalue weighted by atomic mass is 32.2. The molecule has 0 radical (unpaired) electrons. The Morgan fingerprint density at radius 1 is 1.43 bits per heavy atom. The minimum Gasteiger partial charge on any atom is -0.392 e. The average molecular weight is 319 g/mol. The van der Waals surface area contributed by atoms with Crippen LogP contribution in [0.1, 0.15) is 32.1 Å². The van der Waals surface area contributed by atoms with Crippen LogP contribution in [-0.4, -0.2) is 68.4 Å². The zero-order valence-corrected chi connectivity index (χ0v) is 13.2. The number of carbonyl (C=O) groups is 1. The highest BCUT2D eigenvalue weighted by Gasteiger charge is 2.35. The first-order valence-corrected chi connectivity index (χ1v) is 9.42. The standard InChI is InChI=1S/C13H25N3O4S/c1-21(19,20)15-6-5-10-4-2-3-7-16(10)13(18)12-8-11(17)9-14-12/h10-12,14-15,17H,2-9H2,1H3. The van der Waals surface area contributed by atoms with Crippen molar-refractivity contribution in [3.8, 4) is 0 Å². The fourth-order valence-electron chi connectivity index (χ4n) is 3.11. The van der Waals surface area contributed by atoms with E-state index in [2.05, 4.69) is 10.0 Å². The maximum Gasteiger partial charge on any atom is 0.240 e. The predicted molar refractivity (Wildman–Crippen MR) is 79.2 cm³/mol. The minimum absolute atomic E-state index is 0.0376. The molecule has 3 N–H and O–H groups in total. The van der Waals surface area contributed by atoms with Crippen LogP contribution >= 0.6 is 0 Å². The summed E-state index contributed by atoms with van der Waals surface area (Å²) in [6, 6.07) is -0.219. The number of nitrogens with zero attached hydrogens (tertiary/aromatic N) is 1. The number of carbonyl (C=O) groups excluding carboxylic acids is 1. The van der Waals surface area contributed by atoms with Crippen LogP contribution in [0.3, 0.4) is 0 Å². The quantitative estimate of drug-likeness (QED) is 0.605. The first-order valence-electron chi connectivity index (χ1n) is 7.53. The number of likely N-dealkylation sites (tertiary alicyclic amines) is 1. The summed E-state index contributed by atoms with van der Waals surface area (Å²) in [6.07, 6.45) is 4.74. The van der Waals surface area contributed by atoms with Gasteiger partial charge >= 0.3 is 0 Å². The Balaban J connectivity index is 1.90. The average Bonchev–Trinajstić information content (AvgIpc) is 2.84. The molecular weight excluding hydrogens is 294 g/mol. The van der Waals surface area contributed by atoms with Gasteiger partial charge in [-0.15, -0.1) is 0 Å². The number of β-amino-alcohol motifs (C(OH)–C–C–N with tert-alkyl or cyclic N) is 1. The van der Waals surface area contributed by atoms with Gasteiger partial charge in [0.2, 0.25) is 15.9 Å². The summed E-state index contributed by atoms with van der Waals surface area (Å²) in [6.45, 7) is 1.54. The first-order chi connectivity index (χ1) is 9.87. The van der Waals surface area contributed by atoms with Gasteiger partial charge in [0, 0.05) is 25.7 Å². The zero-order chi connectivity index (χ0) is 15.5. The van der Waals surface area contributed by atoms with E-state index in [0.717, 1.165) is 32.1 Å². The second kappa shape index (κ2) is 7.04. The number of nitrogens with one attached hydrogen (secondary N) is 2. The maximum atomic E-state index is 12.5. The molecule has 0 aromatic carbocycles. The third-order valence-corrected chi connectivity index (χ3v) is 4.89. The van der Waals surface area contributed by atoms with Crippen LogP contribution in [0, 0.1) is 0 Å². The van der Waals surface area contributed by atoms with E-state index in [9.17, 15) is 18.3 Å². The van der Waals surface area contributed by atoms with Crippen molar-refractivity contribution < 1.29 is 18.3 Å². The molecule has 122 valence electrons. The van der Waals surface area contributed by atoms with E-state index >= 15 is 0 Å². The third-order valence-electron chi connectivity index (χ3n) is 4.16. The Morgan fingerprint density at radius 3 is 2.81 bits per heavy atom. The van der Waals surface area contributed by atoms with Gasteiger partial charge in [0.15, 0.2) is 0 Å². The van der Waals surface area contributed by atoms with E-state index in [-0.39, 0.29) is 18.0 Å². The number of hydrogen-bond donors (Lipinski definition) is 3. The molecule has 2 rings (SSSR count). The lowest BCUT2D eigenvalue weighted by molar-refractivity contribution is -0.137. The molecule has 0 saturated carbocycles. The van der Waals surface area contributed by atoms with Gasteiger partial charge in [0.1, 0.15) is 0 Å². The van der Waals surface area contributed by atoms with Crippen molar-refractivity contribution in [2.24, 2.45) is 0 Å². The number of amides is 1. The summed E-state index contributed by atoms with van der Waals surface area (Å²) in [4.78, 5) is 14.4. The molecule has 3 atom stereocenters. The van der Waals surface area contributed by atoms with Crippen molar-refractivity contribution in [2.45, 2.75) is 50.3 Å². The zero-order valence-electron chi connectivity index (χ0n) is 12.4. The van der Waals surface area contributed by atoms with Gasteiger partial charge in [-0.2, -0.15) is 0 Å². The van der Waals surface area contributed by atoms with Crippen molar-refractivity contribution in [3.05, 3.63) is 0 Å². The smallest absolute Gasteiger partial charge is 0.240 e. The molecule has 2 saturated heterocycles. The van der Waals surface area contributed by atoms with E-state index in [0.29, 0.717) is 25.9 Å². The summed E-state index contributed by atoms with van der Waals surface area (Å²) in [5.74, 6) is 0.0376. The molecule has 2 fully saturated rings. The Kier molecular flexibility index (Phi) is 5.59. The Hall–Kier alpha value is -0.700. The summed E-state index contributed by atoms with van der Waals surface area (Å²) < 4.78 is 24.7. The van der Waals surface area contributed by atoms with Crippen molar-refractivity contribution in [1.29, 1.82) is 0 Å². The van der Waals surface area contributed by atoms with Crippen LogP contribution in [0.15, 0.2) is 0 Å². The van der Waals surface area contributed by atoms with Gasteiger partial charge in [-0.05, 0) is 32.1 Å². The van der Waals surface area contributed by atoms with E-state index in [1.165, 1.54) is 0 Å². The SMILES string of the molecule is CS(=O)(=O)NCCC1CCCCN1C(=O)C1CC(O)CN1. The van der Waals surface area contributed by atoms with Crippen molar-refractivity contribution in [2.75, 3.05) is 25.9 Å². The van der Waals surface area contributed by atoms with Crippen molar-refractivity contribution >= 4 is 15.9 Å². The Morgan fingerprint density at radius 2 is 2.19 bits per heavy atom. The molecular formula is C13H25N3O4S. The largest absolute Gasteiger partial charge is 0.392 e. The van der Waals surface area contributed by atoms with Crippen LogP contribution in [0.25, 0.3) is 0 Å². The summed E-state index contributed by atoms with van der Waals surface area (Å²) in [5.41, 5.74) is 0. The molecule has 0 aromatic heterocycles. The molecule has 2 heterocycles. The highest BCUT2D eigenvalue weighted by Crippen LogP contribution is 2.22. The lowest BCUT2D eigenvalue weighted by atomic mass is 9.98. The molecule has 7 nitrogen and oxygen atoms in total. The number of rotatable bonds is 5. The van der Waals surface area contributed by atoms with E-state index < -0.39 is 16.1 Å². The molecule has 1 amide bonds. The van der Waals surface area contributed by atoms with Crippen LogP contribution in [0.2, 0.25) is 0 Å². The number of aliphatic hydroxyl groups is 1. The van der Waals surface area contributed by atoms with Crippen LogP contribution in [0.4, 0.5) is 0 Å². The second-order valence-corrected chi connectivity index (χ2v) is 7.82. The van der Waals surface area contributed by atoms with Crippen molar-refractivity contribution in [3.63, 3.8) is 0 Å². The molecule has 2 aliphatic rings. The second-order valence-electron chi connectivity index (χ2n) is 5.99. The summed E-state index contributed by atoms with van der Waals surface area (Å²) in [7, 11) is -3.18. The minimum atomic E-state index is -3.18. The summed E-state index contributed by atoms with van der Waals surface area (Å²) in [5, 5.41) is 12.6. The highest BCUT2D eigenvalue weighted by molar-refractivity contribution is 7.88.